The van der Waals surface area contributed by atoms with Gasteiger partial charge in [-0.2, -0.15) is 11.8 Å². The number of nitrogens with zero attached hydrogens (tertiary/aromatic N) is 1. The van der Waals surface area contributed by atoms with Gasteiger partial charge in [0.05, 0.1) is 0 Å². The van der Waals surface area contributed by atoms with Gasteiger partial charge in [-0.3, -0.25) is 4.79 Å². The predicted octanol–water partition coefficient (Wildman–Crippen LogP) is 2.10. The van der Waals surface area contributed by atoms with E-state index in [1.165, 1.54) is 16.9 Å². The third-order valence-corrected chi connectivity index (χ3v) is 5.81. The number of carbonyl (C=O) groups excluding carboxylic acids is 1. The standard InChI is InChI=1S/C17H24N2OS/c1-19(17(20)11-15-12-21-9-8-18-15)16-7-6-13-4-2-3-5-14(13)10-16/h2-5,15-16,18H,6-12H2,1H3. The van der Waals surface area contributed by atoms with Crippen LogP contribution in [0.4, 0.5) is 0 Å². The van der Waals surface area contributed by atoms with E-state index >= 15 is 0 Å². The number of rotatable bonds is 3. The lowest BCUT2D eigenvalue weighted by atomic mass is 9.87. The largest absolute Gasteiger partial charge is 0.342 e. The fourth-order valence-corrected chi connectivity index (χ4v) is 4.27. The molecule has 0 aromatic heterocycles. The summed E-state index contributed by atoms with van der Waals surface area (Å²) in [6.07, 6.45) is 3.83. The lowest BCUT2D eigenvalue weighted by Crippen LogP contribution is -2.45. The van der Waals surface area contributed by atoms with Crippen LogP contribution in [0.2, 0.25) is 0 Å². The first-order valence-corrected chi connectivity index (χ1v) is 9.03. The number of aryl methyl sites for hydroxylation is 1. The van der Waals surface area contributed by atoms with Gasteiger partial charge in [0.2, 0.25) is 5.91 Å². The molecule has 0 bridgehead atoms. The second-order valence-corrected chi connectivity index (χ2v) is 7.25. The lowest BCUT2D eigenvalue weighted by Gasteiger charge is -2.34. The Hall–Kier alpha value is -1.00. The van der Waals surface area contributed by atoms with Gasteiger partial charge in [0, 0.05) is 43.6 Å². The highest BCUT2D eigenvalue weighted by Crippen LogP contribution is 2.24. The van der Waals surface area contributed by atoms with E-state index in [0.717, 1.165) is 31.6 Å². The molecule has 1 amide bonds. The van der Waals surface area contributed by atoms with Crippen LogP contribution >= 0.6 is 11.8 Å². The molecule has 2 atom stereocenters. The molecule has 3 rings (SSSR count). The van der Waals surface area contributed by atoms with Gasteiger partial charge in [-0.15, -0.1) is 0 Å². The van der Waals surface area contributed by atoms with Crippen LogP contribution in [0.25, 0.3) is 0 Å². The van der Waals surface area contributed by atoms with Crippen molar-refractivity contribution in [2.75, 3.05) is 25.1 Å². The SMILES string of the molecule is CN(C(=O)CC1CSCCN1)C1CCc2ccccc2C1. The summed E-state index contributed by atoms with van der Waals surface area (Å²) in [6, 6.07) is 9.36. The average Bonchev–Trinajstić information content (AvgIpc) is 2.54. The van der Waals surface area contributed by atoms with Crippen LogP contribution in [0.1, 0.15) is 24.0 Å². The first-order valence-electron chi connectivity index (χ1n) is 7.87. The summed E-state index contributed by atoms with van der Waals surface area (Å²) < 4.78 is 0. The quantitative estimate of drug-likeness (QED) is 0.928. The molecule has 1 aromatic carbocycles. The van der Waals surface area contributed by atoms with Crippen LogP contribution in [-0.2, 0) is 17.6 Å². The van der Waals surface area contributed by atoms with Crippen molar-refractivity contribution >= 4 is 17.7 Å². The van der Waals surface area contributed by atoms with E-state index in [1.54, 1.807) is 0 Å². The van der Waals surface area contributed by atoms with Crippen LogP contribution < -0.4 is 5.32 Å². The van der Waals surface area contributed by atoms with Crippen molar-refractivity contribution in [3.8, 4) is 0 Å². The molecule has 2 aliphatic rings. The van der Waals surface area contributed by atoms with Gasteiger partial charge in [-0.05, 0) is 30.4 Å². The second-order valence-electron chi connectivity index (χ2n) is 6.10. The van der Waals surface area contributed by atoms with Crippen molar-refractivity contribution in [1.29, 1.82) is 0 Å². The van der Waals surface area contributed by atoms with Gasteiger partial charge >= 0.3 is 0 Å². The zero-order chi connectivity index (χ0) is 14.7. The van der Waals surface area contributed by atoms with Crippen molar-refractivity contribution in [2.45, 2.75) is 37.8 Å². The Balaban J connectivity index is 1.58. The Kier molecular flexibility index (Phi) is 4.86. The molecule has 0 saturated carbocycles. The minimum absolute atomic E-state index is 0.291. The fraction of sp³-hybridized carbons (Fsp3) is 0.588. The van der Waals surface area contributed by atoms with E-state index in [0.29, 0.717) is 24.4 Å². The van der Waals surface area contributed by atoms with Crippen LogP contribution in [0.3, 0.4) is 0 Å². The molecule has 1 N–H and O–H groups in total. The first-order chi connectivity index (χ1) is 10.2. The molecule has 1 saturated heterocycles. The van der Waals surface area contributed by atoms with E-state index in [-0.39, 0.29) is 0 Å². The summed E-state index contributed by atoms with van der Waals surface area (Å²) in [7, 11) is 1.98. The normalized spacial score (nSPS) is 25.2. The van der Waals surface area contributed by atoms with E-state index in [1.807, 2.05) is 23.7 Å². The molecule has 1 aliphatic heterocycles. The third-order valence-electron chi connectivity index (χ3n) is 4.68. The summed E-state index contributed by atoms with van der Waals surface area (Å²) in [4.78, 5) is 14.5. The van der Waals surface area contributed by atoms with E-state index in [4.69, 9.17) is 0 Å². The zero-order valence-corrected chi connectivity index (χ0v) is 13.5. The Morgan fingerprint density at radius 1 is 1.38 bits per heavy atom. The number of hydrogen-bond acceptors (Lipinski definition) is 3. The van der Waals surface area contributed by atoms with Gasteiger partial charge in [0.1, 0.15) is 0 Å². The number of amides is 1. The molecule has 1 fully saturated rings. The first kappa shape index (κ1) is 14.9. The molecule has 1 aromatic rings. The Bertz CT molecular complexity index is 499. The summed E-state index contributed by atoms with van der Waals surface area (Å²) in [5.74, 6) is 2.52. The van der Waals surface area contributed by atoms with Crippen molar-refractivity contribution in [3.05, 3.63) is 35.4 Å². The molecular formula is C17H24N2OS. The fourth-order valence-electron chi connectivity index (χ4n) is 3.32. The minimum Gasteiger partial charge on any atom is -0.342 e. The molecule has 1 heterocycles. The summed E-state index contributed by atoms with van der Waals surface area (Å²) in [5.41, 5.74) is 2.87. The Labute approximate surface area is 131 Å². The highest BCUT2D eigenvalue weighted by Gasteiger charge is 2.26. The molecule has 1 aliphatic carbocycles. The Morgan fingerprint density at radius 2 is 2.19 bits per heavy atom. The highest BCUT2D eigenvalue weighted by atomic mass is 32.2. The maximum atomic E-state index is 12.5. The van der Waals surface area contributed by atoms with Gasteiger partial charge in [-0.25, -0.2) is 0 Å². The molecule has 4 heteroatoms. The number of carbonyl (C=O) groups is 1. The van der Waals surface area contributed by atoms with E-state index in [9.17, 15) is 4.79 Å². The van der Waals surface area contributed by atoms with Crippen molar-refractivity contribution in [2.24, 2.45) is 0 Å². The number of nitrogens with one attached hydrogen (secondary N) is 1. The number of likely N-dealkylation sites (N-methyl/N-ethyl adjacent to an activating group) is 1. The van der Waals surface area contributed by atoms with Crippen LogP contribution in [-0.4, -0.2) is 48.0 Å². The van der Waals surface area contributed by atoms with E-state index < -0.39 is 0 Å². The predicted molar refractivity (Wildman–Crippen MR) is 88.8 cm³/mol. The lowest BCUT2D eigenvalue weighted by molar-refractivity contribution is -0.132. The molecule has 3 nitrogen and oxygen atoms in total. The van der Waals surface area contributed by atoms with Gasteiger partial charge in [0.25, 0.3) is 0 Å². The maximum absolute atomic E-state index is 12.5. The van der Waals surface area contributed by atoms with E-state index in [2.05, 4.69) is 29.6 Å². The van der Waals surface area contributed by atoms with Crippen LogP contribution in [0.5, 0.6) is 0 Å². The average molecular weight is 304 g/mol. The highest BCUT2D eigenvalue weighted by molar-refractivity contribution is 7.99. The number of thioether (sulfide) groups is 1. The molecule has 2 unspecified atom stereocenters. The summed E-state index contributed by atoms with van der Waals surface area (Å²) in [5, 5.41) is 3.46. The maximum Gasteiger partial charge on any atom is 0.224 e. The minimum atomic E-state index is 0.291. The topological polar surface area (TPSA) is 32.3 Å². The summed E-state index contributed by atoms with van der Waals surface area (Å²) >= 11 is 1.95. The van der Waals surface area contributed by atoms with Crippen LogP contribution in [0.15, 0.2) is 24.3 Å². The van der Waals surface area contributed by atoms with Gasteiger partial charge in [-0.1, -0.05) is 24.3 Å². The van der Waals surface area contributed by atoms with Crippen LogP contribution in [0, 0.1) is 0 Å². The third kappa shape index (κ3) is 3.61. The monoisotopic (exact) mass is 304 g/mol. The van der Waals surface area contributed by atoms with Gasteiger partial charge in [0.15, 0.2) is 0 Å². The summed E-state index contributed by atoms with van der Waals surface area (Å²) in [6.45, 7) is 1.03. The second kappa shape index (κ2) is 6.84. The molecule has 21 heavy (non-hydrogen) atoms. The number of benzene rings is 1. The number of fused-ring (bicyclic) bond motifs is 1. The van der Waals surface area contributed by atoms with Crippen molar-refractivity contribution < 1.29 is 4.79 Å². The molecular weight excluding hydrogens is 280 g/mol. The zero-order valence-electron chi connectivity index (χ0n) is 12.7. The molecule has 0 radical (unpaired) electrons. The molecule has 0 spiro atoms. The smallest absolute Gasteiger partial charge is 0.224 e. The number of hydrogen-bond donors (Lipinski definition) is 1. The van der Waals surface area contributed by atoms with Crippen molar-refractivity contribution in [1.82, 2.24) is 10.2 Å². The molecule has 114 valence electrons. The van der Waals surface area contributed by atoms with Crippen molar-refractivity contribution in [3.63, 3.8) is 0 Å². The van der Waals surface area contributed by atoms with Gasteiger partial charge < -0.3 is 10.2 Å². The Morgan fingerprint density at radius 3 is 2.95 bits per heavy atom.